The first kappa shape index (κ1) is 29.2. The van der Waals surface area contributed by atoms with Crippen LogP contribution < -0.4 is 9.80 Å². The van der Waals surface area contributed by atoms with Crippen LogP contribution >= 0.6 is 0 Å². The molecule has 5 aromatic rings. The zero-order chi connectivity index (χ0) is 29.3. The molecule has 2 heteroatoms. The van der Waals surface area contributed by atoms with Gasteiger partial charge in [-0.1, -0.05) is 86.3 Å². The Kier molecular flexibility index (Phi) is 9.77. The maximum atomic E-state index is 2.37. The third-order valence-corrected chi connectivity index (χ3v) is 7.98. The summed E-state index contributed by atoms with van der Waals surface area (Å²) in [5.74, 6) is 0. The molecule has 0 aliphatic rings. The average molecular weight is 553 g/mol. The summed E-state index contributed by atoms with van der Waals surface area (Å²) in [6.07, 6.45) is 7.14. The highest BCUT2D eigenvalue weighted by Gasteiger charge is 2.16. The molecule has 0 saturated carbocycles. The number of hydrogen-bond acceptors (Lipinski definition) is 2. The highest BCUT2D eigenvalue weighted by atomic mass is 15.2. The van der Waals surface area contributed by atoms with Gasteiger partial charge >= 0.3 is 0 Å². The molecule has 0 atom stereocenters. The van der Waals surface area contributed by atoms with Gasteiger partial charge in [0.2, 0.25) is 0 Å². The Morgan fingerprint density at radius 2 is 0.595 bits per heavy atom. The van der Waals surface area contributed by atoms with Gasteiger partial charge in [-0.25, -0.2) is 0 Å². The maximum Gasteiger partial charge on any atom is 0.0463 e. The molecule has 0 amide bonds. The lowest BCUT2D eigenvalue weighted by Gasteiger charge is -2.28. The predicted molar refractivity (Wildman–Crippen MR) is 183 cm³/mol. The topological polar surface area (TPSA) is 6.48 Å². The van der Waals surface area contributed by atoms with E-state index in [0.717, 1.165) is 35.6 Å². The van der Waals surface area contributed by atoms with E-state index in [0.29, 0.717) is 0 Å². The molecule has 214 valence electrons. The van der Waals surface area contributed by atoms with Gasteiger partial charge in [-0.15, -0.1) is 0 Å². The number of benzene rings is 5. The van der Waals surface area contributed by atoms with E-state index in [-0.39, 0.29) is 0 Å². The van der Waals surface area contributed by atoms with Gasteiger partial charge in [-0.3, -0.25) is 0 Å². The molecule has 0 N–H and O–H groups in total. The van der Waals surface area contributed by atoms with Crippen molar-refractivity contribution >= 4 is 34.1 Å². The molecule has 0 aliphatic heterocycles. The van der Waals surface area contributed by atoms with E-state index in [1.54, 1.807) is 0 Å². The molecule has 0 aliphatic carbocycles. The van der Waals surface area contributed by atoms with Crippen molar-refractivity contribution in [1.82, 2.24) is 0 Å². The van der Waals surface area contributed by atoms with Crippen molar-refractivity contribution < 1.29 is 0 Å². The van der Waals surface area contributed by atoms with Crippen molar-refractivity contribution in [3.05, 3.63) is 144 Å². The number of aryl methyl sites for hydroxylation is 4. The van der Waals surface area contributed by atoms with E-state index in [1.807, 2.05) is 0 Å². The summed E-state index contributed by atoms with van der Waals surface area (Å²) < 4.78 is 0. The zero-order valence-corrected chi connectivity index (χ0v) is 25.7. The van der Waals surface area contributed by atoms with Gasteiger partial charge in [0.1, 0.15) is 0 Å². The fourth-order valence-electron chi connectivity index (χ4n) is 5.42. The molecule has 5 rings (SSSR count). The molecular formula is C40H44N2. The Morgan fingerprint density at radius 1 is 0.357 bits per heavy atom. The summed E-state index contributed by atoms with van der Waals surface area (Å²) >= 11 is 0. The summed E-state index contributed by atoms with van der Waals surface area (Å²) in [5.41, 5.74) is 12.3. The summed E-state index contributed by atoms with van der Waals surface area (Å²) in [6.45, 7) is 8.78. The number of rotatable bonds is 12. The molecule has 0 bridgehead atoms. The first-order valence-corrected chi connectivity index (χ1v) is 15.6. The molecule has 0 saturated heterocycles. The Hall–Kier alpha value is -4.30. The van der Waals surface area contributed by atoms with Crippen LogP contribution in [0.25, 0.3) is 0 Å². The number of unbranched alkanes of at least 4 members (excludes halogenated alkanes) is 2. The zero-order valence-electron chi connectivity index (χ0n) is 25.7. The summed E-state index contributed by atoms with van der Waals surface area (Å²) in [6, 6.07) is 44.8. The third kappa shape index (κ3) is 7.12. The fraction of sp³-hybridized carbons (Fsp3) is 0.250. The lowest BCUT2D eigenvalue weighted by Crippen LogP contribution is -2.12. The van der Waals surface area contributed by atoms with Crippen molar-refractivity contribution in [2.24, 2.45) is 0 Å². The Morgan fingerprint density at radius 3 is 0.857 bits per heavy atom. The molecule has 0 unspecified atom stereocenters. The quantitative estimate of drug-likeness (QED) is 0.152. The predicted octanol–water partition coefficient (Wildman–Crippen LogP) is 11.9. The minimum Gasteiger partial charge on any atom is -0.311 e. The summed E-state index contributed by atoms with van der Waals surface area (Å²) in [5, 5.41) is 0. The molecule has 0 radical (unpaired) electrons. The molecule has 42 heavy (non-hydrogen) atoms. The fourth-order valence-corrected chi connectivity index (χ4v) is 5.42. The smallest absolute Gasteiger partial charge is 0.0463 e. The molecular weight excluding hydrogens is 508 g/mol. The lowest BCUT2D eigenvalue weighted by atomic mass is 10.1. The molecule has 0 fully saturated rings. The maximum absolute atomic E-state index is 2.37. The first-order chi connectivity index (χ1) is 20.6. The van der Waals surface area contributed by atoms with Gasteiger partial charge in [0, 0.05) is 34.1 Å². The standard InChI is InChI=1S/C40H44N2/c1-5-7-9-33-15-23-37(24-16-33)42(38-25-17-34(18-26-38)10-8-6-2)40-29-27-39(28-30-40)41(35-19-11-31(3)12-20-35)36-21-13-32(4)14-22-36/h11-30H,5-10H2,1-4H3. The Bertz CT molecular complexity index is 1420. The van der Waals surface area contributed by atoms with E-state index in [2.05, 4.69) is 159 Å². The van der Waals surface area contributed by atoms with Crippen LogP contribution in [-0.2, 0) is 12.8 Å². The van der Waals surface area contributed by atoms with Crippen molar-refractivity contribution in [1.29, 1.82) is 0 Å². The minimum absolute atomic E-state index is 1.13. The van der Waals surface area contributed by atoms with Crippen LogP contribution in [0.5, 0.6) is 0 Å². The molecule has 5 aromatic carbocycles. The van der Waals surface area contributed by atoms with Crippen LogP contribution in [0.4, 0.5) is 34.1 Å². The van der Waals surface area contributed by atoms with Gasteiger partial charge in [-0.05, 0) is 123 Å². The minimum atomic E-state index is 1.13. The second kappa shape index (κ2) is 14.0. The van der Waals surface area contributed by atoms with Crippen LogP contribution in [0.1, 0.15) is 61.8 Å². The average Bonchev–Trinajstić information content (AvgIpc) is 3.03. The van der Waals surface area contributed by atoms with Gasteiger partial charge in [-0.2, -0.15) is 0 Å². The highest BCUT2D eigenvalue weighted by molar-refractivity contribution is 5.81. The van der Waals surface area contributed by atoms with Crippen molar-refractivity contribution in [2.45, 2.75) is 66.2 Å². The Balaban J connectivity index is 1.52. The third-order valence-electron chi connectivity index (χ3n) is 7.98. The second-order valence-electron chi connectivity index (χ2n) is 11.4. The normalized spacial score (nSPS) is 11.0. The highest BCUT2D eigenvalue weighted by Crippen LogP contribution is 2.39. The van der Waals surface area contributed by atoms with E-state index >= 15 is 0 Å². The number of anilines is 6. The van der Waals surface area contributed by atoms with Crippen molar-refractivity contribution in [2.75, 3.05) is 9.80 Å². The van der Waals surface area contributed by atoms with E-state index in [9.17, 15) is 0 Å². The molecule has 0 aromatic heterocycles. The first-order valence-electron chi connectivity index (χ1n) is 15.6. The van der Waals surface area contributed by atoms with Gasteiger partial charge in [0.05, 0.1) is 0 Å². The van der Waals surface area contributed by atoms with Gasteiger partial charge in [0.25, 0.3) is 0 Å². The van der Waals surface area contributed by atoms with Crippen molar-refractivity contribution in [3.63, 3.8) is 0 Å². The number of nitrogens with zero attached hydrogens (tertiary/aromatic N) is 2. The van der Waals surface area contributed by atoms with E-state index < -0.39 is 0 Å². The van der Waals surface area contributed by atoms with Crippen LogP contribution in [-0.4, -0.2) is 0 Å². The molecule has 2 nitrogen and oxygen atoms in total. The van der Waals surface area contributed by atoms with Crippen LogP contribution in [0.15, 0.2) is 121 Å². The van der Waals surface area contributed by atoms with E-state index in [1.165, 1.54) is 59.3 Å². The Labute approximate surface area is 253 Å². The monoisotopic (exact) mass is 552 g/mol. The summed E-state index contributed by atoms with van der Waals surface area (Å²) in [4.78, 5) is 4.71. The number of hydrogen-bond donors (Lipinski definition) is 0. The largest absolute Gasteiger partial charge is 0.311 e. The SMILES string of the molecule is CCCCc1ccc(N(c2ccc(CCCC)cc2)c2ccc(N(c3ccc(C)cc3)c3ccc(C)cc3)cc2)cc1. The van der Waals surface area contributed by atoms with Crippen LogP contribution in [0.3, 0.4) is 0 Å². The molecule has 0 spiro atoms. The summed E-state index contributed by atoms with van der Waals surface area (Å²) in [7, 11) is 0. The van der Waals surface area contributed by atoms with Gasteiger partial charge in [0.15, 0.2) is 0 Å². The molecule has 0 heterocycles. The van der Waals surface area contributed by atoms with E-state index in [4.69, 9.17) is 0 Å². The van der Waals surface area contributed by atoms with Crippen molar-refractivity contribution in [3.8, 4) is 0 Å². The lowest BCUT2D eigenvalue weighted by molar-refractivity contribution is 0.795. The van der Waals surface area contributed by atoms with Crippen LogP contribution in [0, 0.1) is 13.8 Å². The van der Waals surface area contributed by atoms with Crippen LogP contribution in [0.2, 0.25) is 0 Å². The second-order valence-corrected chi connectivity index (χ2v) is 11.4. The van der Waals surface area contributed by atoms with Gasteiger partial charge < -0.3 is 9.80 Å².